The maximum atomic E-state index is 5.96. The van der Waals surface area contributed by atoms with Gasteiger partial charge in [-0.3, -0.25) is 0 Å². The molecule has 0 spiro atoms. The SMILES string of the molecule is CNC1CCC(Sc2cccc(Cl)c2)C1. The number of hydrogen-bond donors (Lipinski definition) is 1. The third-order valence-electron chi connectivity index (χ3n) is 2.89. The average molecular weight is 242 g/mol. The second-order valence-corrected chi connectivity index (χ2v) is 5.81. The Morgan fingerprint density at radius 1 is 1.40 bits per heavy atom. The standard InChI is InChI=1S/C12H16ClNS/c1-14-10-5-6-12(8-10)15-11-4-2-3-9(13)7-11/h2-4,7,10,12,14H,5-6,8H2,1H3. The lowest BCUT2D eigenvalue weighted by molar-refractivity contribution is 0.583. The number of nitrogens with one attached hydrogen (secondary N) is 1. The van der Waals surface area contributed by atoms with Crippen LogP contribution in [0.3, 0.4) is 0 Å². The summed E-state index contributed by atoms with van der Waals surface area (Å²) in [6.07, 6.45) is 3.88. The lowest BCUT2D eigenvalue weighted by Crippen LogP contribution is -2.21. The molecule has 1 aliphatic rings. The van der Waals surface area contributed by atoms with Gasteiger partial charge in [0.2, 0.25) is 0 Å². The summed E-state index contributed by atoms with van der Waals surface area (Å²) in [5, 5.41) is 4.94. The molecule has 3 heteroatoms. The molecule has 1 aromatic carbocycles. The van der Waals surface area contributed by atoms with Crippen molar-refractivity contribution >= 4 is 23.4 Å². The van der Waals surface area contributed by atoms with Crippen LogP contribution in [0.1, 0.15) is 19.3 Å². The third-order valence-corrected chi connectivity index (χ3v) is 4.41. The van der Waals surface area contributed by atoms with Crippen LogP contribution >= 0.6 is 23.4 Å². The lowest BCUT2D eigenvalue weighted by Gasteiger charge is -2.10. The first-order chi connectivity index (χ1) is 7.28. The van der Waals surface area contributed by atoms with E-state index in [0.717, 1.165) is 10.3 Å². The van der Waals surface area contributed by atoms with Gasteiger partial charge in [0, 0.05) is 21.2 Å². The Hall–Kier alpha value is -0.180. The minimum absolute atomic E-state index is 0.710. The first-order valence-electron chi connectivity index (χ1n) is 5.37. The smallest absolute Gasteiger partial charge is 0.0417 e. The van der Waals surface area contributed by atoms with E-state index in [-0.39, 0.29) is 0 Å². The van der Waals surface area contributed by atoms with Gasteiger partial charge in [0.05, 0.1) is 0 Å². The number of halogens is 1. The van der Waals surface area contributed by atoms with Crippen molar-refractivity contribution in [1.29, 1.82) is 0 Å². The van der Waals surface area contributed by atoms with Crippen LogP contribution in [0.25, 0.3) is 0 Å². The molecule has 1 nitrogen and oxygen atoms in total. The van der Waals surface area contributed by atoms with Crippen molar-refractivity contribution in [2.75, 3.05) is 7.05 Å². The normalized spacial score (nSPS) is 25.7. The van der Waals surface area contributed by atoms with Crippen molar-refractivity contribution in [1.82, 2.24) is 5.32 Å². The molecule has 82 valence electrons. The minimum Gasteiger partial charge on any atom is -0.317 e. The Bertz CT molecular complexity index is 329. The highest BCUT2D eigenvalue weighted by Crippen LogP contribution is 2.35. The Morgan fingerprint density at radius 3 is 2.93 bits per heavy atom. The van der Waals surface area contributed by atoms with Gasteiger partial charge in [-0.15, -0.1) is 11.8 Å². The summed E-state index contributed by atoms with van der Waals surface area (Å²) < 4.78 is 0. The van der Waals surface area contributed by atoms with Crippen molar-refractivity contribution < 1.29 is 0 Å². The van der Waals surface area contributed by atoms with Crippen LogP contribution in [0, 0.1) is 0 Å². The lowest BCUT2D eigenvalue weighted by atomic mass is 10.3. The Balaban J connectivity index is 1.92. The molecule has 1 N–H and O–H groups in total. The van der Waals surface area contributed by atoms with Crippen LogP contribution in [0.4, 0.5) is 0 Å². The topological polar surface area (TPSA) is 12.0 Å². The highest BCUT2D eigenvalue weighted by Gasteiger charge is 2.23. The average Bonchev–Trinajstić information content (AvgIpc) is 2.65. The highest BCUT2D eigenvalue weighted by molar-refractivity contribution is 8.00. The van der Waals surface area contributed by atoms with Gasteiger partial charge in [0.25, 0.3) is 0 Å². The molecule has 0 aliphatic heterocycles. The molecule has 1 saturated carbocycles. The minimum atomic E-state index is 0.710. The zero-order valence-corrected chi connectivity index (χ0v) is 10.4. The van der Waals surface area contributed by atoms with Gasteiger partial charge in [-0.25, -0.2) is 0 Å². The van der Waals surface area contributed by atoms with Gasteiger partial charge in [-0.2, -0.15) is 0 Å². The number of thioether (sulfide) groups is 1. The van der Waals surface area contributed by atoms with E-state index in [0.29, 0.717) is 6.04 Å². The second-order valence-electron chi connectivity index (χ2n) is 4.00. The zero-order valence-electron chi connectivity index (χ0n) is 8.87. The van der Waals surface area contributed by atoms with E-state index in [1.54, 1.807) is 0 Å². The summed E-state index contributed by atoms with van der Waals surface area (Å²) in [5.41, 5.74) is 0. The quantitative estimate of drug-likeness (QED) is 0.868. The fraction of sp³-hybridized carbons (Fsp3) is 0.500. The molecule has 2 rings (SSSR count). The Morgan fingerprint density at radius 2 is 2.27 bits per heavy atom. The Kier molecular flexibility index (Phi) is 3.95. The fourth-order valence-corrected chi connectivity index (χ4v) is 3.62. The van der Waals surface area contributed by atoms with E-state index >= 15 is 0 Å². The summed E-state index contributed by atoms with van der Waals surface area (Å²) in [6.45, 7) is 0. The van der Waals surface area contributed by atoms with E-state index in [9.17, 15) is 0 Å². The molecule has 0 heterocycles. The summed E-state index contributed by atoms with van der Waals surface area (Å²) in [4.78, 5) is 1.30. The largest absolute Gasteiger partial charge is 0.317 e. The van der Waals surface area contributed by atoms with Gasteiger partial charge in [-0.1, -0.05) is 17.7 Å². The molecule has 2 atom stereocenters. The van der Waals surface area contributed by atoms with Gasteiger partial charge < -0.3 is 5.32 Å². The van der Waals surface area contributed by atoms with Crippen molar-refractivity contribution in [3.8, 4) is 0 Å². The van der Waals surface area contributed by atoms with Crippen LogP contribution in [-0.2, 0) is 0 Å². The molecular formula is C12H16ClNS. The monoisotopic (exact) mass is 241 g/mol. The van der Waals surface area contributed by atoms with Crippen molar-refractivity contribution in [2.24, 2.45) is 0 Å². The number of benzene rings is 1. The number of hydrogen-bond acceptors (Lipinski definition) is 2. The second kappa shape index (κ2) is 5.24. The maximum absolute atomic E-state index is 5.96. The van der Waals surface area contributed by atoms with Gasteiger partial charge in [0.15, 0.2) is 0 Å². The van der Waals surface area contributed by atoms with Crippen molar-refractivity contribution in [2.45, 2.75) is 35.4 Å². The van der Waals surface area contributed by atoms with Crippen LogP contribution in [-0.4, -0.2) is 18.3 Å². The first kappa shape index (κ1) is 11.3. The van der Waals surface area contributed by atoms with Crippen LogP contribution in [0.5, 0.6) is 0 Å². The van der Waals surface area contributed by atoms with Crippen molar-refractivity contribution in [3.05, 3.63) is 29.3 Å². The summed E-state index contributed by atoms with van der Waals surface area (Å²) in [5.74, 6) is 0. The molecule has 0 saturated heterocycles. The molecule has 0 bridgehead atoms. The van der Waals surface area contributed by atoms with E-state index < -0.39 is 0 Å². The van der Waals surface area contributed by atoms with E-state index in [2.05, 4.69) is 24.5 Å². The highest BCUT2D eigenvalue weighted by atomic mass is 35.5. The first-order valence-corrected chi connectivity index (χ1v) is 6.63. The molecule has 2 unspecified atom stereocenters. The number of rotatable bonds is 3. The zero-order chi connectivity index (χ0) is 10.7. The summed E-state index contributed by atoms with van der Waals surface area (Å²) >= 11 is 7.92. The Labute approximate surface area is 101 Å². The van der Waals surface area contributed by atoms with E-state index in [1.807, 2.05) is 23.9 Å². The van der Waals surface area contributed by atoms with Crippen LogP contribution in [0.2, 0.25) is 5.02 Å². The van der Waals surface area contributed by atoms with Crippen LogP contribution < -0.4 is 5.32 Å². The maximum Gasteiger partial charge on any atom is 0.0417 e. The molecule has 1 fully saturated rings. The van der Waals surface area contributed by atoms with Crippen molar-refractivity contribution in [3.63, 3.8) is 0 Å². The predicted octanol–water partition coefficient (Wildman–Crippen LogP) is 3.57. The predicted molar refractivity (Wildman–Crippen MR) is 67.8 cm³/mol. The van der Waals surface area contributed by atoms with E-state index in [1.165, 1.54) is 24.2 Å². The molecule has 0 aromatic heterocycles. The van der Waals surface area contributed by atoms with Gasteiger partial charge in [-0.05, 0) is 44.5 Å². The fourth-order valence-electron chi connectivity index (χ4n) is 2.04. The molecule has 1 aliphatic carbocycles. The van der Waals surface area contributed by atoms with E-state index in [4.69, 9.17) is 11.6 Å². The molecular weight excluding hydrogens is 226 g/mol. The molecule has 0 amide bonds. The summed E-state index contributed by atoms with van der Waals surface area (Å²) in [6, 6.07) is 8.86. The van der Waals surface area contributed by atoms with Crippen LogP contribution in [0.15, 0.2) is 29.2 Å². The summed E-state index contributed by atoms with van der Waals surface area (Å²) in [7, 11) is 2.05. The molecule has 1 aromatic rings. The van der Waals surface area contributed by atoms with Gasteiger partial charge >= 0.3 is 0 Å². The molecule has 15 heavy (non-hydrogen) atoms. The van der Waals surface area contributed by atoms with Gasteiger partial charge in [0.1, 0.15) is 0 Å². The molecule has 0 radical (unpaired) electrons. The third kappa shape index (κ3) is 3.13.